The molecule has 15 heavy (non-hydrogen) atoms. The molecule has 2 rings (SSSR count). The zero-order valence-electron chi connectivity index (χ0n) is 9.91. The highest BCUT2D eigenvalue weighted by molar-refractivity contribution is 5.76. The third-order valence-electron chi connectivity index (χ3n) is 2.72. The van der Waals surface area contributed by atoms with Gasteiger partial charge in [-0.3, -0.25) is 0 Å². The van der Waals surface area contributed by atoms with Gasteiger partial charge in [0.05, 0.1) is 0 Å². The van der Waals surface area contributed by atoms with Crippen molar-refractivity contribution < 1.29 is 0 Å². The van der Waals surface area contributed by atoms with Crippen molar-refractivity contribution in [2.45, 2.75) is 39.7 Å². The third-order valence-corrected chi connectivity index (χ3v) is 2.72. The van der Waals surface area contributed by atoms with E-state index in [9.17, 15) is 0 Å². The fourth-order valence-electron chi connectivity index (χ4n) is 1.73. The van der Waals surface area contributed by atoms with E-state index in [0.29, 0.717) is 0 Å². The molecule has 0 bridgehead atoms. The predicted molar refractivity (Wildman–Crippen MR) is 64.1 cm³/mol. The van der Waals surface area contributed by atoms with E-state index in [0.717, 1.165) is 17.9 Å². The van der Waals surface area contributed by atoms with Gasteiger partial charge in [0.25, 0.3) is 0 Å². The van der Waals surface area contributed by atoms with Crippen LogP contribution in [-0.4, -0.2) is 9.55 Å². The summed E-state index contributed by atoms with van der Waals surface area (Å²) in [5.41, 5.74) is 2.38. The lowest BCUT2D eigenvalue weighted by atomic mass is 9.91. The molecule has 0 atom stereocenters. The zero-order valence-corrected chi connectivity index (χ0v) is 9.91. The topological polar surface area (TPSA) is 17.8 Å². The Labute approximate surface area is 90.9 Å². The third kappa shape index (κ3) is 1.76. The SMILES string of the molecule is CCn1ccc2ccc(C(C)(C)C)nc21. The molecule has 2 nitrogen and oxygen atoms in total. The molecule has 2 heteroatoms. The molecule has 0 radical (unpaired) electrons. The zero-order chi connectivity index (χ0) is 11.1. The summed E-state index contributed by atoms with van der Waals surface area (Å²) in [5.74, 6) is 0. The van der Waals surface area contributed by atoms with Gasteiger partial charge >= 0.3 is 0 Å². The molecule has 2 heterocycles. The Hall–Kier alpha value is -1.31. The maximum absolute atomic E-state index is 4.74. The number of aromatic nitrogens is 2. The Morgan fingerprint density at radius 1 is 1.20 bits per heavy atom. The first kappa shape index (κ1) is 10.2. The Bertz CT molecular complexity index is 475. The number of nitrogens with zero attached hydrogens (tertiary/aromatic N) is 2. The van der Waals surface area contributed by atoms with E-state index in [1.165, 1.54) is 5.39 Å². The van der Waals surface area contributed by atoms with Crippen LogP contribution in [0.4, 0.5) is 0 Å². The first-order valence-electron chi connectivity index (χ1n) is 5.49. The quantitative estimate of drug-likeness (QED) is 0.693. The van der Waals surface area contributed by atoms with Crippen LogP contribution in [0, 0.1) is 0 Å². The van der Waals surface area contributed by atoms with Gasteiger partial charge < -0.3 is 4.57 Å². The molecule has 0 fully saturated rings. The van der Waals surface area contributed by atoms with Crippen LogP contribution in [0.2, 0.25) is 0 Å². The summed E-state index contributed by atoms with van der Waals surface area (Å²) in [6.07, 6.45) is 2.10. The van der Waals surface area contributed by atoms with E-state index in [-0.39, 0.29) is 5.41 Å². The lowest BCUT2D eigenvalue weighted by molar-refractivity contribution is 0.569. The summed E-state index contributed by atoms with van der Waals surface area (Å²) in [6, 6.07) is 6.41. The van der Waals surface area contributed by atoms with Crippen LogP contribution in [0.3, 0.4) is 0 Å². The van der Waals surface area contributed by atoms with Gasteiger partial charge in [-0.15, -0.1) is 0 Å². The summed E-state index contributed by atoms with van der Waals surface area (Å²) < 4.78 is 2.19. The summed E-state index contributed by atoms with van der Waals surface area (Å²) in [7, 11) is 0. The van der Waals surface area contributed by atoms with E-state index in [1.54, 1.807) is 0 Å². The summed E-state index contributed by atoms with van der Waals surface area (Å²) in [4.78, 5) is 4.74. The van der Waals surface area contributed by atoms with E-state index in [2.05, 4.69) is 56.7 Å². The molecule has 0 N–H and O–H groups in total. The average molecular weight is 202 g/mol. The summed E-state index contributed by atoms with van der Waals surface area (Å²) >= 11 is 0. The van der Waals surface area contributed by atoms with Crippen LogP contribution in [0.5, 0.6) is 0 Å². The second kappa shape index (κ2) is 3.37. The van der Waals surface area contributed by atoms with Crippen LogP contribution < -0.4 is 0 Å². The van der Waals surface area contributed by atoms with Crippen molar-refractivity contribution in [3.05, 3.63) is 30.1 Å². The molecule has 0 aliphatic rings. The van der Waals surface area contributed by atoms with Crippen LogP contribution >= 0.6 is 0 Å². The first-order chi connectivity index (χ1) is 7.02. The van der Waals surface area contributed by atoms with Gasteiger partial charge in [0.1, 0.15) is 5.65 Å². The number of rotatable bonds is 1. The van der Waals surface area contributed by atoms with Gasteiger partial charge in [-0.25, -0.2) is 4.98 Å². The number of hydrogen-bond donors (Lipinski definition) is 0. The molecular formula is C13H18N2. The molecule has 2 aromatic heterocycles. The molecule has 0 aliphatic heterocycles. The second-order valence-corrected chi connectivity index (χ2v) is 4.96. The molecule has 0 saturated carbocycles. The van der Waals surface area contributed by atoms with Gasteiger partial charge in [0, 0.05) is 29.2 Å². The summed E-state index contributed by atoms with van der Waals surface area (Å²) in [5, 5.41) is 1.23. The van der Waals surface area contributed by atoms with Gasteiger partial charge in [-0.2, -0.15) is 0 Å². The van der Waals surface area contributed by atoms with E-state index in [1.807, 2.05) is 0 Å². The van der Waals surface area contributed by atoms with E-state index < -0.39 is 0 Å². The molecule has 0 amide bonds. The Balaban J connectivity index is 2.63. The van der Waals surface area contributed by atoms with Crippen LogP contribution in [0.1, 0.15) is 33.4 Å². The number of hydrogen-bond acceptors (Lipinski definition) is 1. The fraction of sp³-hybridized carbons (Fsp3) is 0.462. The van der Waals surface area contributed by atoms with Gasteiger partial charge in [0.15, 0.2) is 0 Å². The van der Waals surface area contributed by atoms with Crippen molar-refractivity contribution in [1.29, 1.82) is 0 Å². The minimum absolute atomic E-state index is 0.122. The van der Waals surface area contributed by atoms with Gasteiger partial charge in [-0.1, -0.05) is 20.8 Å². The second-order valence-electron chi connectivity index (χ2n) is 4.96. The Morgan fingerprint density at radius 2 is 1.93 bits per heavy atom. The monoisotopic (exact) mass is 202 g/mol. The van der Waals surface area contributed by atoms with E-state index in [4.69, 9.17) is 4.98 Å². The minimum Gasteiger partial charge on any atom is -0.333 e. The van der Waals surface area contributed by atoms with Gasteiger partial charge in [0.2, 0.25) is 0 Å². The van der Waals surface area contributed by atoms with Gasteiger partial charge in [-0.05, 0) is 25.1 Å². The van der Waals surface area contributed by atoms with Crippen LogP contribution in [0.15, 0.2) is 24.4 Å². The van der Waals surface area contributed by atoms with E-state index >= 15 is 0 Å². The molecule has 80 valence electrons. The molecule has 0 saturated heterocycles. The number of aryl methyl sites for hydroxylation is 1. The lowest BCUT2D eigenvalue weighted by Crippen LogP contribution is -2.13. The molecule has 0 aromatic carbocycles. The molecular weight excluding hydrogens is 184 g/mol. The first-order valence-corrected chi connectivity index (χ1v) is 5.49. The maximum Gasteiger partial charge on any atom is 0.140 e. The van der Waals surface area contributed by atoms with Crippen molar-refractivity contribution in [1.82, 2.24) is 9.55 Å². The average Bonchev–Trinajstić information content (AvgIpc) is 2.57. The highest BCUT2D eigenvalue weighted by Gasteiger charge is 2.16. The highest BCUT2D eigenvalue weighted by atomic mass is 15.0. The Kier molecular flexibility index (Phi) is 2.29. The lowest BCUT2D eigenvalue weighted by Gasteiger charge is -2.17. The number of fused-ring (bicyclic) bond motifs is 1. The van der Waals surface area contributed by atoms with Crippen LogP contribution in [-0.2, 0) is 12.0 Å². The van der Waals surface area contributed by atoms with Crippen LogP contribution in [0.25, 0.3) is 11.0 Å². The highest BCUT2D eigenvalue weighted by Crippen LogP contribution is 2.23. The Morgan fingerprint density at radius 3 is 2.53 bits per heavy atom. The summed E-state index contributed by atoms with van der Waals surface area (Å²) in [6.45, 7) is 9.70. The molecule has 0 spiro atoms. The van der Waals surface area contributed by atoms with Crippen molar-refractivity contribution in [3.63, 3.8) is 0 Å². The van der Waals surface area contributed by atoms with Crippen molar-refractivity contribution in [2.24, 2.45) is 0 Å². The fourth-order valence-corrected chi connectivity index (χ4v) is 1.73. The normalized spacial score (nSPS) is 12.3. The van der Waals surface area contributed by atoms with Crippen molar-refractivity contribution in [3.8, 4) is 0 Å². The minimum atomic E-state index is 0.122. The predicted octanol–water partition coefficient (Wildman–Crippen LogP) is 3.35. The smallest absolute Gasteiger partial charge is 0.140 e. The molecule has 2 aromatic rings. The van der Waals surface area contributed by atoms with Crippen molar-refractivity contribution in [2.75, 3.05) is 0 Å². The van der Waals surface area contributed by atoms with Crippen molar-refractivity contribution >= 4 is 11.0 Å². The maximum atomic E-state index is 4.74. The molecule has 0 unspecified atom stereocenters. The standard InChI is InChI=1S/C13H18N2/c1-5-15-9-8-10-6-7-11(13(2,3)4)14-12(10)15/h6-9H,5H2,1-4H3. The molecule has 0 aliphatic carbocycles. The largest absolute Gasteiger partial charge is 0.333 e. The number of pyridine rings is 1.